The van der Waals surface area contributed by atoms with Crippen LogP contribution in [-0.2, 0) is 0 Å². The number of hydrogen-bond acceptors (Lipinski definition) is 2. The molecule has 1 aliphatic heterocycles. The smallest absolute Gasteiger partial charge is 0.138 e. The second-order valence-electron chi connectivity index (χ2n) is 4.44. The lowest BCUT2D eigenvalue weighted by atomic mass is 9.90. The van der Waals surface area contributed by atoms with E-state index in [0.29, 0.717) is 5.92 Å². The highest BCUT2D eigenvalue weighted by Crippen LogP contribution is 2.37. The van der Waals surface area contributed by atoms with Crippen molar-refractivity contribution in [1.29, 1.82) is 0 Å². The molecule has 2 rings (SSSR count). The number of ether oxygens (including phenoxy) is 1. The highest BCUT2D eigenvalue weighted by atomic mass is 35.5. The molecule has 1 aromatic carbocycles. The molecule has 0 bridgehead atoms. The minimum absolute atomic E-state index is 0.600. The van der Waals surface area contributed by atoms with E-state index in [1.54, 1.807) is 7.11 Å². The van der Waals surface area contributed by atoms with E-state index in [-0.39, 0.29) is 0 Å². The molecule has 3 heteroatoms. The lowest BCUT2D eigenvalue weighted by molar-refractivity contribution is 0.414. The van der Waals surface area contributed by atoms with Gasteiger partial charge in [0, 0.05) is 6.54 Å². The van der Waals surface area contributed by atoms with E-state index in [1.807, 2.05) is 6.07 Å². The monoisotopic (exact) mass is 239 g/mol. The van der Waals surface area contributed by atoms with Crippen molar-refractivity contribution in [3.8, 4) is 5.75 Å². The van der Waals surface area contributed by atoms with Gasteiger partial charge in [-0.2, -0.15) is 0 Å². The van der Waals surface area contributed by atoms with Gasteiger partial charge in [-0.1, -0.05) is 11.6 Å². The van der Waals surface area contributed by atoms with E-state index in [2.05, 4.69) is 19.2 Å². The van der Waals surface area contributed by atoms with Gasteiger partial charge in [0.1, 0.15) is 5.75 Å². The van der Waals surface area contributed by atoms with Crippen LogP contribution in [0.5, 0.6) is 5.75 Å². The molecular formula is C13H18ClNO. The van der Waals surface area contributed by atoms with Gasteiger partial charge in [0.25, 0.3) is 0 Å². The summed E-state index contributed by atoms with van der Waals surface area (Å²) in [6.07, 6.45) is 1.20. The summed E-state index contributed by atoms with van der Waals surface area (Å²) in [5.74, 6) is 1.38. The van der Waals surface area contributed by atoms with Crippen LogP contribution >= 0.6 is 11.6 Å². The fraction of sp³-hybridized carbons (Fsp3) is 0.538. The molecule has 1 unspecified atom stereocenters. The lowest BCUT2D eigenvalue weighted by Gasteiger charge is -2.19. The Bertz CT molecular complexity index is 397. The molecule has 1 heterocycles. The summed E-state index contributed by atoms with van der Waals surface area (Å²) in [6, 6.07) is 2.04. The number of aryl methyl sites for hydroxylation is 1. The topological polar surface area (TPSA) is 21.3 Å². The van der Waals surface area contributed by atoms with Gasteiger partial charge >= 0.3 is 0 Å². The van der Waals surface area contributed by atoms with Crippen molar-refractivity contribution in [3.63, 3.8) is 0 Å². The molecule has 1 aliphatic rings. The molecule has 0 spiro atoms. The Morgan fingerprint density at radius 3 is 2.75 bits per heavy atom. The molecular weight excluding hydrogens is 222 g/mol. The highest BCUT2D eigenvalue weighted by Gasteiger charge is 2.22. The van der Waals surface area contributed by atoms with Crippen molar-refractivity contribution in [2.75, 3.05) is 20.2 Å². The van der Waals surface area contributed by atoms with Gasteiger partial charge in [-0.3, -0.25) is 0 Å². The van der Waals surface area contributed by atoms with Crippen LogP contribution in [0.2, 0.25) is 5.02 Å². The Labute approximate surface area is 102 Å². The molecule has 88 valence electrons. The van der Waals surface area contributed by atoms with Crippen molar-refractivity contribution < 1.29 is 4.74 Å². The second-order valence-corrected chi connectivity index (χ2v) is 4.82. The predicted molar refractivity (Wildman–Crippen MR) is 67.7 cm³/mol. The first kappa shape index (κ1) is 11.7. The van der Waals surface area contributed by atoms with Crippen molar-refractivity contribution >= 4 is 11.6 Å². The number of hydrogen-bond donors (Lipinski definition) is 1. The molecule has 0 radical (unpaired) electrons. The molecule has 2 nitrogen and oxygen atoms in total. The molecule has 0 saturated carbocycles. The summed E-state index contributed by atoms with van der Waals surface area (Å²) in [5.41, 5.74) is 3.86. The maximum absolute atomic E-state index is 6.30. The third kappa shape index (κ3) is 1.92. The van der Waals surface area contributed by atoms with Crippen LogP contribution in [0.3, 0.4) is 0 Å². The van der Waals surface area contributed by atoms with Gasteiger partial charge < -0.3 is 10.1 Å². The maximum atomic E-state index is 6.30. The Kier molecular flexibility index (Phi) is 3.41. The second kappa shape index (κ2) is 4.64. The average Bonchev–Trinajstić information content (AvgIpc) is 2.77. The molecule has 1 atom stereocenters. The van der Waals surface area contributed by atoms with Crippen LogP contribution in [0.25, 0.3) is 0 Å². The van der Waals surface area contributed by atoms with Crippen LogP contribution in [0, 0.1) is 13.8 Å². The summed E-state index contributed by atoms with van der Waals surface area (Å²) in [7, 11) is 1.66. The van der Waals surface area contributed by atoms with Gasteiger partial charge in [0.15, 0.2) is 0 Å². The molecule has 1 N–H and O–H groups in total. The molecule has 1 saturated heterocycles. The standard InChI is InChI=1S/C13H18ClNO/c1-8-6-11(16-3)13(14)9(2)12(8)10-4-5-15-7-10/h6,10,15H,4-5,7H2,1-3H3. The Morgan fingerprint density at radius 2 is 2.19 bits per heavy atom. The SMILES string of the molecule is COc1cc(C)c(C2CCNC2)c(C)c1Cl. The van der Waals surface area contributed by atoms with Gasteiger partial charge in [0.05, 0.1) is 12.1 Å². The maximum Gasteiger partial charge on any atom is 0.138 e. The van der Waals surface area contributed by atoms with Crippen LogP contribution < -0.4 is 10.1 Å². The van der Waals surface area contributed by atoms with E-state index < -0.39 is 0 Å². The van der Waals surface area contributed by atoms with Crippen molar-refractivity contribution in [1.82, 2.24) is 5.32 Å². The molecule has 16 heavy (non-hydrogen) atoms. The van der Waals surface area contributed by atoms with Gasteiger partial charge in [-0.05, 0) is 55.5 Å². The minimum atomic E-state index is 0.600. The summed E-state index contributed by atoms with van der Waals surface area (Å²) in [6.45, 7) is 6.39. The van der Waals surface area contributed by atoms with Gasteiger partial charge in [-0.15, -0.1) is 0 Å². The van der Waals surface area contributed by atoms with E-state index in [1.165, 1.54) is 23.1 Å². The normalized spacial score (nSPS) is 20.1. The fourth-order valence-corrected chi connectivity index (χ4v) is 2.85. The zero-order valence-corrected chi connectivity index (χ0v) is 10.8. The van der Waals surface area contributed by atoms with Crippen LogP contribution in [-0.4, -0.2) is 20.2 Å². The predicted octanol–water partition coefficient (Wildman–Crippen LogP) is 3.04. The van der Waals surface area contributed by atoms with E-state index in [4.69, 9.17) is 16.3 Å². The average molecular weight is 240 g/mol. The first-order valence-electron chi connectivity index (χ1n) is 5.69. The van der Waals surface area contributed by atoms with E-state index >= 15 is 0 Å². The van der Waals surface area contributed by atoms with Crippen LogP contribution in [0.15, 0.2) is 6.07 Å². The van der Waals surface area contributed by atoms with Crippen molar-refractivity contribution in [3.05, 3.63) is 27.8 Å². The number of methoxy groups -OCH3 is 1. The Morgan fingerprint density at radius 1 is 1.44 bits per heavy atom. The number of rotatable bonds is 2. The largest absolute Gasteiger partial charge is 0.495 e. The zero-order chi connectivity index (χ0) is 11.7. The first-order chi connectivity index (χ1) is 7.65. The molecule has 0 amide bonds. The van der Waals surface area contributed by atoms with Crippen LogP contribution in [0.4, 0.5) is 0 Å². The Hall–Kier alpha value is -0.730. The molecule has 0 aliphatic carbocycles. The number of benzene rings is 1. The highest BCUT2D eigenvalue weighted by molar-refractivity contribution is 6.33. The van der Waals surface area contributed by atoms with E-state index in [9.17, 15) is 0 Å². The lowest BCUT2D eigenvalue weighted by Crippen LogP contribution is -2.10. The minimum Gasteiger partial charge on any atom is -0.495 e. The molecule has 1 fully saturated rings. The van der Waals surface area contributed by atoms with Gasteiger partial charge in [0.2, 0.25) is 0 Å². The van der Waals surface area contributed by atoms with Crippen LogP contribution in [0.1, 0.15) is 29.0 Å². The first-order valence-corrected chi connectivity index (χ1v) is 6.07. The summed E-state index contributed by atoms with van der Waals surface area (Å²) in [4.78, 5) is 0. The van der Waals surface area contributed by atoms with Crippen molar-refractivity contribution in [2.45, 2.75) is 26.2 Å². The third-order valence-corrected chi connectivity index (χ3v) is 3.88. The summed E-state index contributed by atoms with van der Waals surface area (Å²) >= 11 is 6.30. The quantitative estimate of drug-likeness (QED) is 0.857. The van der Waals surface area contributed by atoms with Gasteiger partial charge in [-0.25, -0.2) is 0 Å². The molecule has 0 aromatic heterocycles. The van der Waals surface area contributed by atoms with Crippen molar-refractivity contribution in [2.24, 2.45) is 0 Å². The summed E-state index contributed by atoms with van der Waals surface area (Å²) < 4.78 is 5.28. The number of nitrogens with one attached hydrogen (secondary N) is 1. The third-order valence-electron chi connectivity index (χ3n) is 3.41. The molecule has 1 aromatic rings. The number of halogens is 1. The fourth-order valence-electron chi connectivity index (χ4n) is 2.61. The summed E-state index contributed by atoms with van der Waals surface area (Å²) in [5, 5.41) is 4.16. The Balaban J connectivity index is 2.48. The zero-order valence-electron chi connectivity index (χ0n) is 10.1. The van der Waals surface area contributed by atoms with E-state index in [0.717, 1.165) is 23.9 Å².